The Kier molecular flexibility index (Phi) is 7.14. The highest BCUT2D eigenvalue weighted by atomic mass is 16.3. The lowest BCUT2D eigenvalue weighted by Crippen LogP contribution is -1.94. The van der Waals surface area contributed by atoms with Gasteiger partial charge >= 0.3 is 0 Å². The molecule has 0 saturated carbocycles. The Morgan fingerprint density at radius 3 is 1.53 bits per heavy atom. The summed E-state index contributed by atoms with van der Waals surface area (Å²) in [7, 11) is 0. The summed E-state index contributed by atoms with van der Waals surface area (Å²) in [6.45, 7) is 0. The highest BCUT2D eigenvalue weighted by Crippen LogP contribution is 2.38. The highest BCUT2D eigenvalue weighted by molar-refractivity contribution is 6.07. The van der Waals surface area contributed by atoms with Gasteiger partial charge in [0.25, 0.3) is 0 Å². The molecule has 0 atom stereocenters. The molecule has 0 aliphatic carbocycles. The molecular formula is C46H30N2O. The Hall–Kier alpha value is -6.58. The first-order chi connectivity index (χ1) is 24.3. The van der Waals surface area contributed by atoms with Crippen molar-refractivity contribution in [2.75, 3.05) is 0 Å². The van der Waals surface area contributed by atoms with Gasteiger partial charge in [0.15, 0.2) is 11.4 Å². The Morgan fingerprint density at radius 2 is 0.857 bits per heavy atom. The van der Waals surface area contributed by atoms with Gasteiger partial charge in [0.05, 0.1) is 0 Å². The number of hydrogen-bond acceptors (Lipinski definition) is 3. The second kappa shape index (κ2) is 12.2. The maximum absolute atomic E-state index is 6.32. The van der Waals surface area contributed by atoms with E-state index in [4.69, 9.17) is 14.4 Å². The van der Waals surface area contributed by atoms with Gasteiger partial charge in [0.1, 0.15) is 16.8 Å². The van der Waals surface area contributed by atoms with Crippen LogP contribution in [0.25, 0.3) is 89.2 Å². The summed E-state index contributed by atoms with van der Waals surface area (Å²) in [4.78, 5) is 10.2. The molecule has 0 radical (unpaired) electrons. The summed E-state index contributed by atoms with van der Waals surface area (Å²) >= 11 is 0. The molecule has 9 rings (SSSR count). The van der Waals surface area contributed by atoms with E-state index in [1.54, 1.807) is 0 Å². The zero-order valence-electron chi connectivity index (χ0n) is 26.6. The Labute approximate surface area is 284 Å². The topological polar surface area (TPSA) is 38.9 Å². The highest BCUT2D eigenvalue weighted by Gasteiger charge is 2.18. The van der Waals surface area contributed by atoms with Crippen LogP contribution in [0.5, 0.6) is 0 Å². The molecule has 3 nitrogen and oxygen atoms in total. The van der Waals surface area contributed by atoms with Crippen LogP contribution in [-0.2, 0) is 0 Å². The van der Waals surface area contributed by atoms with Crippen molar-refractivity contribution >= 4 is 22.1 Å². The maximum atomic E-state index is 6.32. The number of fused-ring (bicyclic) bond motifs is 3. The standard InChI is InChI=1S/C46H30N2O/c1-4-14-31(15-5-1)39-27-26-37(30-41(39)32-16-6-2-7-17-32)35-21-12-20-34(28-35)36-22-13-23-38(29-36)46-47-43(33-18-8-3-9-19-33)45-44(48-46)40-24-10-11-25-42(40)49-45/h1-30H. The van der Waals surface area contributed by atoms with E-state index in [2.05, 4.69) is 146 Å². The third kappa shape index (κ3) is 5.38. The van der Waals surface area contributed by atoms with E-state index in [9.17, 15) is 0 Å². The molecule has 2 aromatic heterocycles. The second-order valence-corrected chi connectivity index (χ2v) is 12.2. The smallest absolute Gasteiger partial charge is 0.180 e. The minimum absolute atomic E-state index is 0.667. The molecule has 0 spiro atoms. The summed E-state index contributed by atoms with van der Waals surface area (Å²) in [5.41, 5.74) is 14.5. The van der Waals surface area contributed by atoms with Crippen molar-refractivity contribution in [2.24, 2.45) is 0 Å². The molecule has 0 bridgehead atoms. The molecule has 0 saturated heterocycles. The first-order valence-corrected chi connectivity index (χ1v) is 16.5. The van der Waals surface area contributed by atoms with Gasteiger partial charge < -0.3 is 4.42 Å². The fourth-order valence-electron chi connectivity index (χ4n) is 6.68. The minimum atomic E-state index is 0.667. The first-order valence-electron chi connectivity index (χ1n) is 16.5. The lowest BCUT2D eigenvalue weighted by atomic mass is 9.90. The van der Waals surface area contributed by atoms with Gasteiger partial charge in [0, 0.05) is 16.5 Å². The van der Waals surface area contributed by atoms with Crippen molar-refractivity contribution in [3.63, 3.8) is 0 Å². The Bertz CT molecular complexity index is 2590. The third-order valence-corrected chi connectivity index (χ3v) is 9.11. The number of rotatable bonds is 6. The number of furan rings is 1. The van der Waals surface area contributed by atoms with Crippen LogP contribution in [0.4, 0.5) is 0 Å². The van der Waals surface area contributed by atoms with Crippen LogP contribution >= 0.6 is 0 Å². The zero-order valence-corrected chi connectivity index (χ0v) is 26.6. The number of para-hydroxylation sites is 1. The number of benzene rings is 7. The van der Waals surface area contributed by atoms with E-state index in [-0.39, 0.29) is 0 Å². The lowest BCUT2D eigenvalue weighted by molar-refractivity contribution is 0.667. The molecule has 230 valence electrons. The van der Waals surface area contributed by atoms with E-state index >= 15 is 0 Å². The molecule has 9 aromatic rings. The normalized spacial score (nSPS) is 11.3. The van der Waals surface area contributed by atoms with Crippen molar-refractivity contribution in [1.29, 1.82) is 0 Å². The van der Waals surface area contributed by atoms with Crippen molar-refractivity contribution in [2.45, 2.75) is 0 Å². The fourth-order valence-corrected chi connectivity index (χ4v) is 6.68. The molecule has 0 N–H and O–H groups in total. The SMILES string of the molecule is c1ccc(-c2ccc(-c3cccc(-c4cccc(-c5nc(-c6ccccc6)c6oc7ccccc7c6n5)c4)c3)cc2-c2ccccc2)cc1. The van der Waals surface area contributed by atoms with Crippen LogP contribution in [-0.4, -0.2) is 9.97 Å². The predicted octanol–water partition coefficient (Wildman–Crippen LogP) is 12.4. The monoisotopic (exact) mass is 626 g/mol. The van der Waals surface area contributed by atoms with Crippen LogP contribution < -0.4 is 0 Å². The van der Waals surface area contributed by atoms with Gasteiger partial charge in [0.2, 0.25) is 0 Å². The van der Waals surface area contributed by atoms with Gasteiger partial charge in [-0.3, -0.25) is 0 Å². The molecule has 3 heteroatoms. The lowest BCUT2D eigenvalue weighted by Gasteiger charge is -2.14. The van der Waals surface area contributed by atoms with E-state index in [1.807, 2.05) is 36.4 Å². The third-order valence-electron chi connectivity index (χ3n) is 9.11. The van der Waals surface area contributed by atoms with E-state index in [1.165, 1.54) is 27.8 Å². The van der Waals surface area contributed by atoms with Gasteiger partial charge in [-0.05, 0) is 74.8 Å². The Morgan fingerprint density at radius 1 is 0.347 bits per heavy atom. The van der Waals surface area contributed by atoms with E-state index in [0.29, 0.717) is 11.4 Å². The quantitative estimate of drug-likeness (QED) is 0.184. The largest absolute Gasteiger partial charge is 0.452 e. The summed E-state index contributed by atoms with van der Waals surface area (Å²) in [6, 6.07) is 63.5. The first kappa shape index (κ1) is 28.6. The van der Waals surface area contributed by atoms with Crippen LogP contribution in [0.15, 0.2) is 186 Å². The summed E-state index contributed by atoms with van der Waals surface area (Å²) in [6.07, 6.45) is 0. The molecule has 0 amide bonds. The molecular weight excluding hydrogens is 597 g/mol. The van der Waals surface area contributed by atoms with Gasteiger partial charge in [-0.25, -0.2) is 9.97 Å². The van der Waals surface area contributed by atoms with Gasteiger partial charge in [-0.1, -0.05) is 152 Å². The molecule has 7 aromatic carbocycles. The van der Waals surface area contributed by atoms with Crippen LogP contribution in [0, 0.1) is 0 Å². The van der Waals surface area contributed by atoms with Crippen LogP contribution in [0.1, 0.15) is 0 Å². The fraction of sp³-hybridized carbons (Fsp3) is 0. The zero-order chi connectivity index (χ0) is 32.6. The van der Waals surface area contributed by atoms with Gasteiger partial charge in [-0.15, -0.1) is 0 Å². The maximum Gasteiger partial charge on any atom is 0.180 e. The average Bonchev–Trinajstić information content (AvgIpc) is 3.57. The molecule has 0 aliphatic heterocycles. The van der Waals surface area contributed by atoms with E-state index in [0.717, 1.165) is 50.0 Å². The predicted molar refractivity (Wildman–Crippen MR) is 202 cm³/mol. The molecule has 0 unspecified atom stereocenters. The van der Waals surface area contributed by atoms with Crippen LogP contribution in [0.3, 0.4) is 0 Å². The average molecular weight is 627 g/mol. The Balaban J connectivity index is 1.14. The molecule has 0 fully saturated rings. The second-order valence-electron chi connectivity index (χ2n) is 12.2. The molecule has 2 heterocycles. The number of nitrogens with zero attached hydrogens (tertiary/aromatic N) is 2. The van der Waals surface area contributed by atoms with E-state index < -0.39 is 0 Å². The van der Waals surface area contributed by atoms with Crippen molar-refractivity contribution in [3.05, 3.63) is 182 Å². The molecule has 49 heavy (non-hydrogen) atoms. The molecule has 0 aliphatic rings. The number of aromatic nitrogens is 2. The summed E-state index contributed by atoms with van der Waals surface area (Å²) in [5.74, 6) is 0.667. The van der Waals surface area contributed by atoms with Crippen molar-refractivity contribution in [1.82, 2.24) is 9.97 Å². The van der Waals surface area contributed by atoms with Crippen LogP contribution in [0.2, 0.25) is 0 Å². The summed E-state index contributed by atoms with van der Waals surface area (Å²) in [5, 5.41) is 0.982. The van der Waals surface area contributed by atoms with Crippen molar-refractivity contribution < 1.29 is 4.42 Å². The van der Waals surface area contributed by atoms with Gasteiger partial charge in [-0.2, -0.15) is 0 Å². The summed E-state index contributed by atoms with van der Waals surface area (Å²) < 4.78 is 6.32. The number of hydrogen-bond donors (Lipinski definition) is 0. The van der Waals surface area contributed by atoms with Crippen molar-refractivity contribution in [3.8, 4) is 67.2 Å². The minimum Gasteiger partial charge on any atom is -0.452 e.